The number of nitrogens with zero attached hydrogens (tertiary/aromatic N) is 3. The molecule has 0 bridgehead atoms. The van der Waals surface area contributed by atoms with Crippen LogP contribution in [0, 0.1) is 13.8 Å². The number of sulfonamides is 1. The van der Waals surface area contributed by atoms with Crippen molar-refractivity contribution in [1.82, 2.24) is 19.5 Å². The van der Waals surface area contributed by atoms with Crippen molar-refractivity contribution < 1.29 is 8.42 Å². The Kier molecular flexibility index (Phi) is 4.74. The molecule has 2 aromatic rings. The highest BCUT2D eigenvalue weighted by Gasteiger charge is 2.22. The molecule has 0 spiro atoms. The van der Waals surface area contributed by atoms with Crippen LogP contribution in [0.5, 0.6) is 0 Å². The molecule has 0 aliphatic heterocycles. The number of hydrogen-bond acceptors (Lipinski definition) is 5. The van der Waals surface area contributed by atoms with E-state index >= 15 is 0 Å². The Bertz CT molecular complexity index is 788. The van der Waals surface area contributed by atoms with Gasteiger partial charge in [-0.25, -0.2) is 18.1 Å². The monoisotopic (exact) mass is 343 g/mol. The number of halogens is 1. The first-order valence-electron chi connectivity index (χ1n) is 6.63. The van der Waals surface area contributed by atoms with E-state index in [1.165, 1.54) is 12.3 Å². The lowest BCUT2D eigenvalue weighted by molar-refractivity contribution is 0.485. The van der Waals surface area contributed by atoms with Crippen LogP contribution in [0.4, 0.5) is 5.82 Å². The summed E-state index contributed by atoms with van der Waals surface area (Å²) in [5.74, 6) is -0.0878. The van der Waals surface area contributed by atoms with Gasteiger partial charge >= 0.3 is 0 Å². The predicted molar refractivity (Wildman–Crippen MR) is 85.1 cm³/mol. The number of hydrogen-bond donors (Lipinski definition) is 2. The number of rotatable bonds is 5. The minimum absolute atomic E-state index is 0.0878. The summed E-state index contributed by atoms with van der Waals surface area (Å²) in [5, 5.41) is 4.52. The van der Waals surface area contributed by atoms with Crippen LogP contribution in [0.3, 0.4) is 0 Å². The maximum Gasteiger partial charge on any atom is 0.244 e. The van der Waals surface area contributed by atoms with E-state index in [9.17, 15) is 8.42 Å². The SMILES string of the molecule is Cc1cc(C)n(C[C@@H](C)NS(=O)(=O)c2cc(Cl)cnc2N)n1. The zero-order valence-electron chi connectivity index (χ0n) is 12.5. The smallest absolute Gasteiger partial charge is 0.244 e. The number of aromatic nitrogens is 3. The van der Waals surface area contributed by atoms with Crippen molar-refractivity contribution in [2.75, 3.05) is 5.73 Å². The largest absolute Gasteiger partial charge is 0.383 e. The second-order valence-electron chi connectivity index (χ2n) is 5.17. The zero-order valence-corrected chi connectivity index (χ0v) is 14.1. The van der Waals surface area contributed by atoms with Crippen LogP contribution < -0.4 is 10.5 Å². The molecule has 0 fully saturated rings. The van der Waals surface area contributed by atoms with Crippen LogP contribution in [-0.2, 0) is 16.6 Å². The number of anilines is 1. The van der Waals surface area contributed by atoms with Crippen molar-refractivity contribution in [3.05, 3.63) is 34.7 Å². The molecular formula is C13H18ClN5O2S. The van der Waals surface area contributed by atoms with Crippen LogP contribution in [0.25, 0.3) is 0 Å². The third-order valence-corrected chi connectivity index (χ3v) is 4.87. The Labute approximate surface area is 134 Å². The molecule has 2 rings (SSSR count). The Morgan fingerprint density at radius 3 is 2.68 bits per heavy atom. The Hall–Kier alpha value is -1.64. The van der Waals surface area contributed by atoms with Gasteiger partial charge in [0.05, 0.1) is 17.3 Å². The molecule has 120 valence electrons. The quantitative estimate of drug-likeness (QED) is 0.856. The number of pyridine rings is 1. The average Bonchev–Trinajstić information content (AvgIpc) is 2.69. The molecule has 0 saturated heterocycles. The molecular weight excluding hydrogens is 326 g/mol. The third kappa shape index (κ3) is 3.76. The van der Waals surface area contributed by atoms with Gasteiger partial charge < -0.3 is 5.73 Å². The fraction of sp³-hybridized carbons (Fsp3) is 0.385. The van der Waals surface area contributed by atoms with Gasteiger partial charge in [-0.05, 0) is 32.9 Å². The molecule has 0 aliphatic carbocycles. The molecule has 22 heavy (non-hydrogen) atoms. The van der Waals surface area contributed by atoms with Gasteiger partial charge in [-0.3, -0.25) is 4.68 Å². The van der Waals surface area contributed by atoms with E-state index in [4.69, 9.17) is 17.3 Å². The van der Waals surface area contributed by atoms with Crippen molar-refractivity contribution in [1.29, 1.82) is 0 Å². The maximum atomic E-state index is 12.4. The van der Waals surface area contributed by atoms with E-state index in [-0.39, 0.29) is 21.8 Å². The molecule has 9 heteroatoms. The van der Waals surface area contributed by atoms with Crippen molar-refractivity contribution >= 4 is 27.4 Å². The first-order valence-corrected chi connectivity index (χ1v) is 8.49. The predicted octanol–water partition coefficient (Wildman–Crippen LogP) is 1.50. The summed E-state index contributed by atoms with van der Waals surface area (Å²) in [6, 6.07) is 2.84. The molecule has 3 N–H and O–H groups in total. The van der Waals surface area contributed by atoms with E-state index in [0.29, 0.717) is 6.54 Å². The normalized spacial score (nSPS) is 13.3. The molecule has 1 atom stereocenters. The first kappa shape index (κ1) is 16.7. The second-order valence-corrected chi connectivity index (χ2v) is 7.29. The summed E-state index contributed by atoms with van der Waals surface area (Å²) in [6.45, 7) is 5.96. The lowest BCUT2D eigenvalue weighted by Crippen LogP contribution is -2.36. The van der Waals surface area contributed by atoms with Crippen LogP contribution >= 0.6 is 11.6 Å². The van der Waals surface area contributed by atoms with Gasteiger partial charge in [-0.15, -0.1) is 0 Å². The highest BCUT2D eigenvalue weighted by atomic mass is 35.5. The summed E-state index contributed by atoms with van der Waals surface area (Å²) >= 11 is 5.79. The van der Waals surface area contributed by atoms with Gasteiger partial charge in [0.2, 0.25) is 10.0 Å². The first-order chi connectivity index (χ1) is 10.2. The molecule has 0 amide bonds. The van der Waals surface area contributed by atoms with Crippen molar-refractivity contribution in [3.8, 4) is 0 Å². The van der Waals surface area contributed by atoms with E-state index in [1.54, 1.807) is 11.6 Å². The number of nitrogens with two attached hydrogens (primary N) is 1. The Morgan fingerprint density at radius 1 is 1.41 bits per heavy atom. The van der Waals surface area contributed by atoms with E-state index in [0.717, 1.165) is 11.4 Å². The fourth-order valence-electron chi connectivity index (χ4n) is 2.13. The van der Waals surface area contributed by atoms with Crippen molar-refractivity contribution in [2.45, 2.75) is 38.3 Å². The van der Waals surface area contributed by atoms with Crippen LogP contribution in [0.1, 0.15) is 18.3 Å². The topological polar surface area (TPSA) is 103 Å². The van der Waals surface area contributed by atoms with Crippen LogP contribution in [-0.4, -0.2) is 29.2 Å². The molecule has 2 heterocycles. The number of nitrogen functional groups attached to an aromatic ring is 1. The summed E-state index contributed by atoms with van der Waals surface area (Å²) in [7, 11) is -3.80. The third-order valence-electron chi connectivity index (χ3n) is 3.04. The minimum atomic E-state index is -3.80. The van der Waals surface area contributed by atoms with Crippen molar-refractivity contribution in [2.24, 2.45) is 0 Å². The number of aryl methyl sites for hydroxylation is 2. The van der Waals surface area contributed by atoms with Crippen molar-refractivity contribution in [3.63, 3.8) is 0 Å². The second kappa shape index (κ2) is 6.23. The van der Waals surface area contributed by atoms with E-state index < -0.39 is 10.0 Å². The van der Waals surface area contributed by atoms with Gasteiger partial charge in [0, 0.05) is 17.9 Å². The van der Waals surface area contributed by atoms with E-state index in [1.807, 2.05) is 19.9 Å². The molecule has 7 nitrogen and oxygen atoms in total. The molecule has 0 unspecified atom stereocenters. The van der Waals surface area contributed by atoms with Crippen LogP contribution in [0.15, 0.2) is 23.2 Å². The van der Waals surface area contributed by atoms with Gasteiger partial charge in [-0.1, -0.05) is 11.6 Å². The molecule has 2 aromatic heterocycles. The highest BCUT2D eigenvalue weighted by Crippen LogP contribution is 2.20. The molecule has 0 saturated carbocycles. The summed E-state index contributed by atoms with van der Waals surface area (Å²) in [5.41, 5.74) is 7.48. The van der Waals surface area contributed by atoms with Crippen LogP contribution in [0.2, 0.25) is 5.02 Å². The Morgan fingerprint density at radius 2 is 2.09 bits per heavy atom. The number of nitrogens with one attached hydrogen (secondary N) is 1. The lowest BCUT2D eigenvalue weighted by Gasteiger charge is -2.16. The van der Waals surface area contributed by atoms with Gasteiger partial charge in [-0.2, -0.15) is 5.10 Å². The minimum Gasteiger partial charge on any atom is -0.383 e. The Balaban J connectivity index is 2.18. The standard InChI is InChI=1S/C13H18ClN5O2S/c1-8-4-10(3)19(17-8)7-9(2)18-22(20,21)12-5-11(14)6-16-13(12)15/h4-6,9,18H,7H2,1-3H3,(H2,15,16)/t9-/m1/s1. The van der Waals surface area contributed by atoms with Gasteiger partial charge in [0.1, 0.15) is 10.7 Å². The molecule has 0 aromatic carbocycles. The van der Waals surface area contributed by atoms with Gasteiger partial charge in [0.15, 0.2) is 0 Å². The summed E-state index contributed by atoms with van der Waals surface area (Å²) < 4.78 is 29.1. The average molecular weight is 344 g/mol. The van der Waals surface area contributed by atoms with Gasteiger partial charge in [0.25, 0.3) is 0 Å². The summed E-state index contributed by atoms with van der Waals surface area (Å²) in [4.78, 5) is 3.64. The molecule has 0 radical (unpaired) electrons. The maximum absolute atomic E-state index is 12.4. The molecule has 0 aliphatic rings. The highest BCUT2D eigenvalue weighted by molar-refractivity contribution is 7.89. The fourth-order valence-corrected chi connectivity index (χ4v) is 3.70. The lowest BCUT2D eigenvalue weighted by atomic mass is 10.3. The zero-order chi connectivity index (χ0) is 16.5. The van der Waals surface area contributed by atoms with E-state index in [2.05, 4.69) is 14.8 Å². The summed E-state index contributed by atoms with van der Waals surface area (Å²) in [6.07, 6.45) is 1.30.